The first-order valence-electron chi connectivity index (χ1n) is 7.79. The van der Waals surface area contributed by atoms with E-state index in [-0.39, 0.29) is 30.2 Å². The van der Waals surface area contributed by atoms with Crippen LogP contribution in [0.2, 0.25) is 0 Å². The van der Waals surface area contributed by atoms with E-state index < -0.39 is 10.0 Å². The van der Waals surface area contributed by atoms with Crippen LogP contribution in [0.1, 0.15) is 44.9 Å². The van der Waals surface area contributed by atoms with E-state index in [1.54, 1.807) is 0 Å². The van der Waals surface area contributed by atoms with Crippen LogP contribution in [0.15, 0.2) is 0 Å². The molecule has 118 valence electrons. The summed E-state index contributed by atoms with van der Waals surface area (Å²) in [6.07, 6.45) is 6.68. The standard InChI is InChI=1S/C14H27NO4S/c16-10-13-4-2-1-3-5-14(13)15-20(17,18)11-12-6-8-19-9-7-12/h12-16H,1-11H2/t13-,14+/m0/s1. The van der Waals surface area contributed by atoms with Gasteiger partial charge in [0.05, 0.1) is 5.75 Å². The van der Waals surface area contributed by atoms with E-state index in [9.17, 15) is 13.5 Å². The molecule has 1 saturated carbocycles. The van der Waals surface area contributed by atoms with Crippen molar-refractivity contribution in [2.45, 2.75) is 51.0 Å². The van der Waals surface area contributed by atoms with E-state index >= 15 is 0 Å². The van der Waals surface area contributed by atoms with Gasteiger partial charge in [0, 0.05) is 25.9 Å². The first kappa shape index (κ1) is 16.2. The van der Waals surface area contributed by atoms with Crippen LogP contribution in [0.5, 0.6) is 0 Å². The van der Waals surface area contributed by atoms with Gasteiger partial charge < -0.3 is 9.84 Å². The first-order chi connectivity index (χ1) is 9.61. The molecule has 0 bridgehead atoms. The van der Waals surface area contributed by atoms with Crippen molar-refractivity contribution in [2.24, 2.45) is 11.8 Å². The molecule has 2 rings (SSSR count). The number of aliphatic hydroxyl groups is 1. The van der Waals surface area contributed by atoms with Gasteiger partial charge in [-0.25, -0.2) is 13.1 Å². The highest BCUT2D eigenvalue weighted by atomic mass is 32.2. The second-order valence-electron chi connectivity index (χ2n) is 6.14. The average molecular weight is 305 g/mol. The van der Waals surface area contributed by atoms with Crippen molar-refractivity contribution in [1.82, 2.24) is 4.72 Å². The lowest BCUT2D eigenvalue weighted by Gasteiger charge is -2.27. The normalized spacial score (nSPS) is 30.1. The monoisotopic (exact) mass is 305 g/mol. The molecular formula is C14H27NO4S. The van der Waals surface area contributed by atoms with Crippen molar-refractivity contribution in [2.75, 3.05) is 25.6 Å². The molecule has 2 atom stereocenters. The molecule has 1 saturated heterocycles. The van der Waals surface area contributed by atoms with Gasteiger partial charge in [0.1, 0.15) is 0 Å². The molecule has 6 heteroatoms. The summed E-state index contributed by atoms with van der Waals surface area (Å²) in [7, 11) is -3.26. The fourth-order valence-electron chi connectivity index (χ4n) is 3.26. The fraction of sp³-hybridized carbons (Fsp3) is 1.00. The lowest BCUT2D eigenvalue weighted by molar-refractivity contribution is 0.0722. The zero-order chi connectivity index (χ0) is 14.4. The third kappa shape index (κ3) is 4.98. The molecular weight excluding hydrogens is 278 g/mol. The maximum Gasteiger partial charge on any atom is 0.212 e. The summed E-state index contributed by atoms with van der Waals surface area (Å²) >= 11 is 0. The Morgan fingerprint density at radius 3 is 2.45 bits per heavy atom. The summed E-state index contributed by atoms with van der Waals surface area (Å²) in [5, 5.41) is 9.45. The van der Waals surface area contributed by atoms with Gasteiger partial charge in [-0.3, -0.25) is 0 Å². The van der Waals surface area contributed by atoms with Crippen LogP contribution < -0.4 is 4.72 Å². The number of nitrogens with one attached hydrogen (secondary N) is 1. The molecule has 0 aromatic rings. The zero-order valence-corrected chi connectivity index (χ0v) is 12.9. The Hall–Kier alpha value is -0.170. The van der Waals surface area contributed by atoms with Crippen LogP contribution >= 0.6 is 0 Å². The van der Waals surface area contributed by atoms with E-state index in [1.807, 2.05) is 0 Å². The maximum atomic E-state index is 12.3. The van der Waals surface area contributed by atoms with Crippen molar-refractivity contribution in [3.05, 3.63) is 0 Å². The van der Waals surface area contributed by atoms with Gasteiger partial charge in [0.15, 0.2) is 0 Å². The van der Waals surface area contributed by atoms with Gasteiger partial charge in [-0.1, -0.05) is 19.3 Å². The van der Waals surface area contributed by atoms with Crippen LogP contribution in [0.4, 0.5) is 0 Å². The Labute approximate surface area is 122 Å². The molecule has 0 unspecified atom stereocenters. The van der Waals surface area contributed by atoms with E-state index in [0.29, 0.717) is 13.2 Å². The highest BCUT2D eigenvalue weighted by Crippen LogP contribution is 2.24. The number of sulfonamides is 1. The van der Waals surface area contributed by atoms with E-state index in [0.717, 1.165) is 44.9 Å². The molecule has 0 radical (unpaired) electrons. The Kier molecular flexibility index (Phi) is 6.26. The van der Waals surface area contributed by atoms with Gasteiger partial charge >= 0.3 is 0 Å². The van der Waals surface area contributed by atoms with Gasteiger partial charge in [0.25, 0.3) is 0 Å². The molecule has 5 nitrogen and oxygen atoms in total. The quantitative estimate of drug-likeness (QED) is 0.750. The topological polar surface area (TPSA) is 75.6 Å². The minimum Gasteiger partial charge on any atom is -0.396 e. The maximum absolute atomic E-state index is 12.3. The molecule has 1 heterocycles. The van der Waals surface area contributed by atoms with Crippen molar-refractivity contribution < 1.29 is 18.3 Å². The summed E-state index contributed by atoms with van der Waals surface area (Å²) in [5.41, 5.74) is 0. The molecule has 2 fully saturated rings. The van der Waals surface area contributed by atoms with Gasteiger partial charge in [-0.15, -0.1) is 0 Å². The minimum absolute atomic E-state index is 0.0713. The van der Waals surface area contributed by atoms with Crippen LogP contribution in [-0.4, -0.2) is 45.1 Å². The molecule has 20 heavy (non-hydrogen) atoms. The highest BCUT2D eigenvalue weighted by Gasteiger charge is 2.29. The number of rotatable bonds is 5. The molecule has 0 aromatic heterocycles. The predicted octanol–water partition coefficient (Wildman–Crippen LogP) is 1.27. The summed E-state index contributed by atoms with van der Waals surface area (Å²) in [5.74, 6) is 0.479. The van der Waals surface area contributed by atoms with Gasteiger partial charge in [-0.05, 0) is 37.5 Å². The Morgan fingerprint density at radius 2 is 1.75 bits per heavy atom. The molecule has 1 aliphatic carbocycles. The van der Waals surface area contributed by atoms with E-state index in [1.165, 1.54) is 0 Å². The number of hydrogen-bond acceptors (Lipinski definition) is 4. The molecule has 0 aromatic carbocycles. The smallest absolute Gasteiger partial charge is 0.212 e. The van der Waals surface area contributed by atoms with Crippen LogP contribution in [0.3, 0.4) is 0 Å². The third-order valence-electron chi connectivity index (χ3n) is 4.52. The van der Waals surface area contributed by atoms with Gasteiger partial charge in [0.2, 0.25) is 10.0 Å². The Balaban J connectivity index is 1.91. The first-order valence-corrected chi connectivity index (χ1v) is 9.44. The van der Waals surface area contributed by atoms with Crippen LogP contribution in [0, 0.1) is 11.8 Å². The summed E-state index contributed by atoms with van der Waals surface area (Å²) in [4.78, 5) is 0. The van der Waals surface area contributed by atoms with E-state index in [4.69, 9.17) is 4.74 Å². The largest absolute Gasteiger partial charge is 0.396 e. The molecule has 2 aliphatic rings. The second kappa shape index (κ2) is 7.73. The van der Waals surface area contributed by atoms with Crippen molar-refractivity contribution in [1.29, 1.82) is 0 Å². The SMILES string of the molecule is O=S(=O)(CC1CCOCC1)N[C@@H]1CCCCC[C@H]1CO. The van der Waals surface area contributed by atoms with Crippen molar-refractivity contribution in [3.8, 4) is 0 Å². The van der Waals surface area contributed by atoms with Crippen LogP contribution in [-0.2, 0) is 14.8 Å². The number of aliphatic hydroxyl groups excluding tert-OH is 1. The van der Waals surface area contributed by atoms with E-state index in [2.05, 4.69) is 4.72 Å². The Morgan fingerprint density at radius 1 is 1.05 bits per heavy atom. The van der Waals surface area contributed by atoms with Crippen LogP contribution in [0.25, 0.3) is 0 Å². The highest BCUT2D eigenvalue weighted by molar-refractivity contribution is 7.89. The molecule has 0 amide bonds. The number of ether oxygens (including phenoxy) is 1. The van der Waals surface area contributed by atoms with Crippen molar-refractivity contribution in [3.63, 3.8) is 0 Å². The third-order valence-corrected chi connectivity index (χ3v) is 6.09. The lowest BCUT2D eigenvalue weighted by atomic mass is 9.97. The number of hydrogen-bond donors (Lipinski definition) is 2. The van der Waals surface area contributed by atoms with Gasteiger partial charge in [-0.2, -0.15) is 0 Å². The summed E-state index contributed by atoms with van der Waals surface area (Å²) < 4.78 is 32.7. The molecule has 1 aliphatic heterocycles. The summed E-state index contributed by atoms with van der Waals surface area (Å²) in [6, 6.07) is -0.0904. The molecule has 2 N–H and O–H groups in total. The fourth-order valence-corrected chi connectivity index (χ4v) is 5.08. The zero-order valence-electron chi connectivity index (χ0n) is 12.1. The predicted molar refractivity (Wildman–Crippen MR) is 77.9 cm³/mol. The average Bonchev–Trinajstić information content (AvgIpc) is 2.63. The Bertz CT molecular complexity index is 379. The molecule has 0 spiro atoms. The van der Waals surface area contributed by atoms with Crippen molar-refractivity contribution >= 4 is 10.0 Å². The second-order valence-corrected chi connectivity index (χ2v) is 7.94. The summed E-state index contributed by atoms with van der Waals surface area (Å²) in [6.45, 7) is 1.41. The lowest BCUT2D eigenvalue weighted by Crippen LogP contribution is -2.43. The minimum atomic E-state index is -3.26.